The third kappa shape index (κ3) is 2.94. The van der Waals surface area contributed by atoms with Gasteiger partial charge in [0.1, 0.15) is 0 Å². The van der Waals surface area contributed by atoms with E-state index >= 15 is 0 Å². The molecule has 90 valence electrons. The van der Waals surface area contributed by atoms with Crippen LogP contribution in [-0.2, 0) is 4.79 Å². The van der Waals surface area contributed by atoms with Crippen LogP contribution >= 0.6 is 11.3 Å². The van der Waals surface area contributed by atoms with Crippen molar-refractivity contribution in [2.75, 3.05) is 18.9 Å². The summed E-state index contributed by atoms with van der Waals surface area (Å²) in [7, 11) is 1.64. The normalized spacial score (nSPS) is 10.5. The van der Waals surface area contributed by atoms with Gasteiger partial charge in [-0.25, -0.2) is 4.98 Å². The smallest absolute Gasteiger partial charge is 0.221 e. The molecule has 5 heteroatoms. The lowest BCUT2D eigenvalue weighted by Crippen LogP contribution is -2.20. The fraction of sp³-hybridized carbons (Fsp3) is 0.333. The van der Waals surface area contributed by atoms with Gasteiger partial charge in [-0.15, -0.1) is 0 Å². The molecule has 1 amide bonds. The summed E-state index contributed by atoms with van der Waals surface area (Å²) < 4.78 is 1.17. The van der Waals surface area contributed by atoms with Crippen molar-refractivity contribution < 1.29 is 4.79 Å². The summed E-state index contributed by atoms with van der Waals surface area (Å²) in [5.74, 6) is 0.0365. The quantitative estimate of drug-likeness (QED) is 0.873. The van der Waals surface area contributed by atoms with Crippen LogP contribution in [-0.4, -0.2) is 24.5 Å². The molecule has 1 aromatic heterocycles. The molecule has 2 N–H and O–H groups in total. The van der Waals surface area contributed by atoms with Crippen LogP contribution in [0.3, 0.4) is 0 Å². The number of aromatic nitrogens is 1. The van der Waals surface area contributed by atoms with Gasteiger partial charge < -0.3 is 10.6 Å². The van der Waals surface area contributed by atoms with Gasteiger partial charge in [0.25, 0.3) is 0 Å². The number of hydrogen-bond donors (Lipinski definition) is 2. The molecule has 1 aromatic carbocycles. The molecule has 0 saturated heterocycles. The van der Waals surface area contributed by atoms with Crippen molar-refractivity contribution in [1.29, 1.82) is 0 Å². The first-order chi connectivity index (χ1) is 8.19. The molecule has 0 aliphatic carbocycles. The summed E-state index contributed by atoms with van der Waals surface area (Å²) in [4.78, 5) is 15.5. The van der Waals surface area contributed by atoms with Gasteiger partial charge in [-0.05, 0) is 24.6 Å². The number of aryl methyl sites for hydroxylation is 1. The van der Waals surface area contributed by atoms with Crippen LogP contribution in [0.2, 0.25) is 0 Å². The van der Waals surface area contributed by atoms with E-state index in [1.54, 1.807) is 18.4 Å². The summed E-state index contributed by atoms with van der Waals surface area (Å²) in [6.07, 6.45) is 0.464. The molecule has 0 bridgehead atoms. The molecule has 1 heterocycles. The summed E-state index contributed by atoms with van der Waals surface area (Å²) in [6.45, 7) is 2.68. The van der Waals surface area contributed by atoms with Crippen LogP contribution in [0.25, 0.3) is 10.2 Å². The van der Waals surface area contributed by atoms with Gasteiger partial charge in [-0.3, -0.25) is 4.79 Å². The topological polar surface area (TPSA) is 54.0 Å². The highest BCUT2D eigenvalue weighted by Crippen LogP contribution is 2.26. The molecule has 0 saturated carbocycles. The Morgan fingerprint density at radius 3 is 3.06 bits per heavy atom. The second-order valence-corrected chi connectivity index (χ2v) is 4.87. The van der Waals surface area contributed by atoms with E-state index in [-0.39, 0.29) is 5.91 Å². The Kier molecular flexibility index (Phi) is 3.58. The van der Waals surface area contributed by atoms with E-state index in [1.807, 2.05) is 6.07 Å². The molecule has 0 fully saturated rings. The number of nitrogens with one attached hydrogen (secondary N) is 2. The number of fused-ring (bicyclic) bond motifs is 1. The lowest BCUT2D eigenvalue weighted by Gasteiger charge is -2.00. The molecule has 0 unspecified atom stereocenters. The molecule has 4 nitrogen and oxygen atoms in total. The van der Waals surface area contributed by atoms with Gasteiger partial charge in [-0.1, -0.05) is 17.4 Å². The number of anilines is 1. The van der Waals surface area contributed by atoms with Gasteiger partial charge >= 0.3 is 0 Å². The Morgan fingerprint density at radius 2 is 2.29 bits per heavy atom. The number of thiazole rings is 1. The van der Waals surface area contributed by atoms with Crippen molar-refractivity contribution >= 4 is 32.6 Å². The van der Waals surface area contributed by atoms with E-state index in [0.717, 1.165) is 10.6 Å². The van der Waals surface area contributed by atoms with Gasteiger partial charge in [0.2, 0.25) is 5.91 Å². The largest absolute Gasteiger partial charge is 0.361 e. The SMILES string of the molecule is CNC(=O)CCNc1nc2ccc(C)cc2s1. The first kappa shape index (κ1) is 11.9. The van der Waals surface area contributed by atoms with Crippen LogP contribution < -0.4 is 10.6 Å². The second-order valence-electron chi connectivity index (χ2n) is 3.84. The van der Waals surface area contributed by atoms with E-state index in [4.69, 9.17) is 0 Å². The summed E-state index contributed by atoms with van der Waals surface area (Å²) in [5.41, 5.74) is 2.24. The number of benzene rings is 1. The fourth-order valence-corrected chi connectivity index (χ4v) is 2.51. The average Bonchev–Trinajstić information content (AvgIpc) is 2.70. The van der Waals surface area contributed by atoms with Crippen molar-refractivity contribution in [2.24, 2.45) is 0 Å². The number of nitrogens with zero attached hydrogens (tertiary/aromatic N) is 1. The zero-order chi connectivity index (χ0) is 12.3. The first-order valence-corrected chi connectivity index (χ1v) is 6.32. The number of amides is 1. The van der Waals surface area contributed by atoms with Crippen LogP contribution in [0, 0.1) is 6.92 Å². The third-order valence-electron chi connectivity index (χ3n) is 2.45. The molecule has 2 rings (SSSR count). The lowest BCUT2D eigenvalue weighted by atomic mass is 10.2. The zero-order valence-corrected chi connectivity index (χ0v) is 10.7. The fourth-order valence-electron chi connectivity index (χ4n) is 1.52. The average molecular weight is 249 g/mol. The van der Waals surface area contributed by atoms with Crippen molar-refractivity contribution in [3.8, 4) is 0 Å². The van der Waals surface area contributed by atoms with Crippen molar-refractivity contribution in [3.63, 3.8) is 0 Å². The van der Waals surface area contributed by atoms with E-state index in [1.165, 1.54) is 10.3 Å². The molecule has 0 aliphatic rings. The molecular formula is C12H15N3OS. The van der Waals surface area contributed by atoms with Crippen molar-refractivity contribution in [2.45, 2.75) is 13.3 Å². The Bertz CT molecular complexity index is 536. The summed E-state index contributed by atoms with van der Waals surface area (Å²) >= 11 is 1.62. The van der Waals surface area contributed by atoms with Crippen LogP contribution in [0.15, 0.2) is 18.2 Å². The lowest BCUT2D eigenvalue weighted by molar-refractivity contribution is -0.120. The van der Waals surface area contributed by atoms with Crippen molar-refractivity contribution in [1.82, 2.24) is 10.3 Å². The number of carbonyl (C=O) groups is 1. The number of rotatable bonds is 4. The maximum Gasteiger partial charge on any atom is 0.221 e. The monoisotopic (exact) mass is 249 g/mol. The third-order valence-corrected chi connectivity index (χ3v) is 3.43. The van der Waals surface area contributed by atoms with E-state index < -0.39 is 0 Å². The first-order valence-electron chi connectivity index (χ1n) is 5.50. The zero-order valence-electron chi connectivity index (χ0n) is 9.91. The predicted molar refractivity (Wildman–Crippen MR) is 71.5 cm³/mol. The number of hydrogen-bond acceptors (Lipinski definition) is 4. The van der Waals surface area contributed by atoms with Crippen LogP contribution in [0.1, 0.15) is 12.0 Å². The maximum atomic E-state index is 11.1. The van der Waals surface area contributed by atoms with Crippen molar-refractivity contribution in [3.05, 3.63) is 23.8 Å². The molecule has 0 atom stereocenters. The minimum atomic E-state index is 0.0365. The highest BCUT2D eigenvalue weighted by atomic mass is 32.1. The molecule has 17 heavy (non-hydrogen) atoms. The van der Waals surface area contributed by atoms with Crippen LogP contribution in [0.5, 0.6) is 0 Å². The maximum absolute atomic E-state index is 11.1. The second kappa shape index (κ2) is 5.14. The highest BCUT2D eigenvalue weighted by Gasteiger charge is 2.04. The molecule has 0 aliphatic heterocycles. The summed E-state index contributed by atoms with van der Waals surface area (Å²) in [5, 5.41) is 6.62. The molecule has 2 aromatic rings. The van der Waals surface area contributed by atoms with E-state index in [9.17, 15) is 4.79 Å². The summed E-state index contributed by atoms with van der Waals surface area (Å²) in [6, 6.07) is 6.19. The van der Waals surface area contributed by atoms with Gasteiger partial charge in [0, 0.05) is 20.0 Å². The van der Waals surface area contributed by atoms with Gasteiger partial charge in [0.15, 0.2) is 5.13 Å². The Hall–Kier alpha value is -1.62. The van der Waals surface area contributed by atoms with Crippen LogP contribution in [0.4, 0.5) is 5.13 Å². The molecule has 0 radical (unpaired) electrons. The van der Waals surface area contributed by atoms with Gasteiger partial charge in [0.05, 0.1) is 10.2 Å². The standard InChI is InChI=1S/C12H15N3OS/c1-8-3-4-9-10(7-8)17-12(15-9)14-6-5-11(16)13-2/h3-4,7H,5-6H2,1-2H3,(H,13,16)(H,14,15). The molecular weight excluding hydrogens is 234 g/mol. The minimum Gasteiger partial charge on any atom is -0.361 e. The van der Waals surface area contributed by atoms with Gasteiger partial charge in [-0.2, -0.15) is 0 Å². The highest BCUT2D eigenvalue weighted by molar-refractivity contribution is 7.22. The van der Waals surface area contributed by atoms with E-state index in [0.29, 0.717) is 13.0 Å². The Labute approximate surface area is 104 Å². The Morgan fingerprint density at radius 1 is 1.47 bits per heavy atom. The molecule has 0 spiro atoms. The Balaban J connectivity index is 2.02. The van der Waals surface area contributed by atoms with E-state index in [2.05, 4.69) is 34.7 Å². The number of carbonyl (C=O) groups excluding carboxylic acids is 1. The minimum absolute atomic E-state index is 0.0365. The predicted octanol–water partition coefficient (Wildman–Crippen LogP) is 2.15.